The molecule has 5 rings (SSSR count). The van der Waals surface area contributed by atoms with Crippen LogP contribution < -0.4 is 0 Å². The van der Waals surface area contributed by atoms with Crippen LogP contribution in [0.2, 0.25) is 0 Å². The molecule has 4 aliphatic rings. The highest BCUT2D eigenvalue weighted by Crippen LogP contribution is 2.33. The molecule has 0 bridgehead atoms. The van der Waals surface area contributed by atoms with E-state index in [1.54, 1.807) is 0 Å². The molecule has 5 heteroatoms. The van der Waals surface area contributed by atoms with Gasteiger partial charge in [-0.15, -0.1) is 0 Å². The number of fused-ring (bicyclic) bond motifs is 1. The van der Waals surface area contributed by atoms with Crippen LogP contribution in [0.1, 0.15) is 62.5 Å². The minimum Gasteiger partial charge on any atom is -0.340 e. The molecule has 0 unspecified atom stereocenters. The maximum atomic E-state index is 13.8. The van der Waals surface area contributed by atoms with Gasteiger partial charge in [-0.3, -0.25) is 14.5 Å². The molecule has 2 heterocycles. The third-order valence-electron chi connectivity index (χ3n) is 8.27. The second kappa shape index (κ2) is 9.32. The third kappa shape index (κ3) is 4.39. The van der Waals surface area contributed by atoms with Crippen LogP contribution in [0.25, 0.3) is 0 Å². The van der Waals surface area contributed by atoms with E-state index < -0.39 is 0 Å². The van der Waals surface area contributed by atoms with Crippen molar-refractivity contribution < 1.29 is 9.59 Å². The predicted molar refractivity (Wildman–Crippen MR) is 121 cm³/mol. The number of carbonyl (C=O) groups is 2. The first-order chi connectivity index (χ1) is 15.2. The number of carbonyl (C=O) groups excluding carboxylic acids is 2. The number of hydrogen-bond donors (Lipinski definition) is 0. The summed E-state index contributed by atoms with van der Waals surface area (Å²) in [6.45, 7) is 4.84. The monoisotopic (exact) mass is 423 g/mol. The van der Waals surface area contributed by atoms with Gasteiger partial charge >= 0.3 is 0 Å². The number of benzene rings is 1. The first kappa shape index (κ1) is 21.0. The van der Waals surface area contributed by atoms with Crippen LogP contribution in [0.3, 0.4) is 0 Å². The van der Waals surface area contributed by atoms with Crippen molar-refractivity contribution in [2.24, 2.45) is 11.8 Å². The molecule has 5 nitrogen and oxygen atoms in total. The average molecular weight is 424 g/mol. The van der Waals surface area contributed by atoms with Crippen molar-refractivity contribution in [3.63, 3.8) is 0 Å². The summed E-state index contributed by atoms with van der Waals surface area (Å²) >= 11 is 0. The minimum absolute atomic E-state index is 0.00325. The van der Waals surface area contributed by atoms with Crippen LogP contribution in [0.4, 0.5) is 0 Å². The summed E-state index contributed by atoms with van der Waals surface area (Å²) < 4.78 is 0. The van der Waals surface area contributed by atoms with E-state index in [2.05, 4.69) is 39.0 Å². The van der Waals surface area contributed by atoms with Gasteiger partial charge in [-0.2, -0.15) is 0 Å². The molecule has 2 amide bonds. The van der Waals surface area contributed by atoms with E-state index in [9.17, 15) is 9.59 Å². The lowest BCUT2D eigenvalue weighted by Crippen LogP contribution is -2.59. The Balaban J connectivity index is 1.26. The van der Waals surface area contributed by atoms with Crippen LogP contribution >= 0.6 is 0 Å². The smallest absolute Gasteiger partial charge is 0.240 e. The minimum atomic E-state index is -0.00325. The average Bonchev–Trinajstić information content (AvgIpc) is 3.54. The van der Waals surface area contributed by atoms with Crippen molar-refractivity contribution in [2.45, 2.75) is 70.4 Å². The van der Waals surface area contributed by atoms with Gasteiger partial charge in [0.1, 0.15) is 0 Å². The Labute approximate surface area is 186 Å². The van der Waals surface area contributed by atoms with Gasteiger partial charge in [-0.05, 0) is 49.1 Å². The van der Waals surface area contributed by atoms with Gasteiger partial charge in [0.15, 0.2) is 0 Å². The molecule has 1 aromatic rings. The quantitative estimate of drug-likeness (QED) is 0.745. The highest BCUT2D eigenvalue weighted by molar-refractivity contribution is 5.83. The fourth-order valence-electron chi connectivity index (χ4n) is 6.45. The topological polar surface area (TPSA) is 43.9 Å². The zero-order valence-electron chi connectivity index (χ0n) is 18.8. The van der Waals surface area contributed by atoms with Crippen LogP contribution in [0.15, 0.2) is 24.3 Å². The molecule has 0 radical (unpaired) electrons. The van der Waals surface area contributed by atoms with Crippen LogP contribution in [0, 0.1) is 11.8 Å². The van der Waals surface area contributed by atoms with Gasteiger partial charge in [0.25, 0.3) is 0 Å². The fourth-order valence-corrected chi connectivity index (χ4v) is 6.45. The Bertz CT molecular complexity index is 790. The molecule has 1 saturated heterocycles. The number of rotatable bonds is 4. The lowest BCUT2D eigenvalue weighted by Gasteiger charge is -2.43. The highest BCUT2D eigenvalue weighted by atomic mass is 16.2. The maximum Gasteiger partial charge on any atom is 0.240 e. The molecular weight excluding hydrogens is 386 g/mol. The molecule has 0 aromatic heterocycles. The van der Waals surface area contributed by atoms with Crippen LogP contribution in [-0.2, 0) is 22.6 Å². The molecule has 1 aromatic carbocycles. The van der Waals surface area contributed by atoms with E-state index in [1.165, 1.54) is 49.7 Å². The van der Waals surface area contributed by atoms with E-state index in [0.29, 0.717) is 17.7 Å². The van der Waals surface area contributed by atoms with Gasteiger partial charge in [-0.25, -0.2) is 0 Å². The third-order valence-corrected chi connectivity index (χ3v) is 8.27. The summed E-state index contributed by atoms with van der Waals surface area (Å²) in [6, 6.07) is 8.56. The number of piperazine rings is 1. The first-order valence-corrected chi connectivity index (χ1v) is 12.6. The summed E-state index contributed by atoms with van der Waals surface area (Å²) in [4.78, 5) is 33.3. The zero-order chi connectivity index (χ0) is 21.2. The number of nitrogens with zero attached hydrogens (tertiary/aromatic N) is 3. The second-order valence-corrected chi connectivity index (χ2v) is 10.1. The molecular formula is C26H37N3O2. The Morgan fingerprint density at radius 2 is 1.42 bits per heavy atom. The molecule has 2 aliphatic heterocycles. The molecule has 1 atom stereocenters. The van der Waals surface area contributed by atoms with Crippen molar-refractivity contribution in [3.05, 3.63) is 35.4 Å². The van der Waals surface area contributed by atoms with E-state index in [1.807, 2.05) is 0 Å². The molecule has 168 valence electrons. The van der Waals surface area contributed by atoms with Crippen molar-refractivity contribution >= 4 is 11.8 Å². The molecule has 0 N–H and O–H groups in total. The highest BCUT2D eigenvalue weighted by Gasteiger charge is 2.40. The van der Waals surface area contributed by atoms with Crippen molar-refractivity contribution in [2.75, 3.05) is 32.7 Å². The van der Waals surface area contributed by atoms with E-state index in [4.69, 9.17) is 0 Å². The van der Waals surface area contributed by atoms with Gasteiger partial charge < -0.3 is 9.80 Å². The van der Waals surface area contributed by atoms with Gasteiger partial charge in [0.05, 0.1) is 6.04 Å². The van der Waals surface area contributed by atoms with Gasteiger partial charge in [0, 0.05) is 45.2 Å². The normalized spacial score (nSPS) is 24.4. The van der Waals surface area contributed by atoms with E-state index >= 15 is 0 Å². The lowest BCUT2D eigenvalue weighted by atomic mass is 9.92. The largest absolute Gasteiger partial charge is 0.340 e. The Morgan fingerprint density at radius 3 is 2.13 bits per heavy atom. The summed E-state index contributed by atoms with van der Waals surface area (Å²) in [5.41, 5.74) is 2.70. The van der Waals surface area contributed by atoms with E-state index in [-0.39, 0.29) is 12.0 Å². The molecule has 3 fully saturated rings. The summed E-state index contributed by atoms with van der Waals surface area (Å²) in [6.07, 6.45) is 10.3. The summed E-state index contributed by atoms with van der Waals surface area (Å²) in [7, 11) is 0. The summed E-state index contributed by atoms with van der Waals surface area (Å²) in [5, 5.41) is 0. The lowest BCUT2D eigenvalue weighted by molar-refractivity contribution is -0.143. The maximum absolute atomic E-state index is 13.8. The zero-order valence-corrected chi connectivity index (χ0v) is 18.8. The van der Waals surface area contributed by atoms with Crippen molar-refractivity contribution in [3.8, 4) is 0 Å². The molecule has 31 heavy (non-hydrogen) atoms. The van der Waals surface area contributed by atoms with E-state index in [0.717, 1.165) is 58.5 Å². The fraction of sp³-hybridized carbons (Fsp3) is 0.692. The SMILES string of the molecule is O=C(C1CCCC1)N1CCN([C@H](C(=O)N2CCc3ccccc3C2)C2CCCC2)CC1. The van der Waals surface area contributed by atoms with Gasteiger partial charge in [-0.1, -0.05) is 49.9 Å². The standard InChI is InChI=1S/C26H37N3O2/c30-25(22-10-4-5-11-22)28-17-15-27(16-18-28)24(21-8-2-3-9-21)26(31)29-14-13-20-7-1-6-12-23(20)19-29/h1,6-7,12,21-22,24H,2-5,8-11,13-19H2/t24-/m0/s1. The second-order valence-electron chi connectivity index (χ2n) is 10.1. The Kier molecular flexibility index (Phi) is 6.31. The van der Waals surface area contributed by atoms with Crippen LogP contribution in [0.5, 0.6) is 0 Å². The van der Waals surface area contributed by atoms with Gasteiger partial charge in [0.2, 0.25) is 11.8 Å². The molecule has 2 aliphatic carbocycles. The summed E-state index contributed by atoms with van der Waals surface area (Å²) in [5.74, 6) is 1.43. The Hall–Kier alpha value is -1.88. The molecule has 0 spiro atoms. The first-order valence-electron chi connectivity index (χ1n) is 12.6. The van der Waals surface area contributed by atoms with Crippen molar-refractivity contribution in [1.29, 1.82) is 0 Å². The Morgan fingerprint density at radius 1 is 0.774 bits per heavy atom. The molecule has 2 saturated carbocycles. The number of hydrogen-bond acceptors (Lipinski definition) is 3. The number of amides is 2. The predicted octanol–water partition coefficient (Wildman–Crippen LogP) is 3.46. The van der Waals surface area contributed by atoms with Crippen molar-refractivity contribution in [1.82, 2.24) is 14.7 Å². The van der Waals surface area contributed by atoms with Crippen LogP contribution in [-0.4, -0.2) is 65.3 Å².